The fourth-order valence-electron chi connectivity index (χ4n) is 5.42. The summed E-state index contributed by atoms with van der Waals surface area (Å²) < 4.78 is 11.6. The number of fused-ring (bicyclic) bond motifs is 1. The number of rotatable bonds is 12. The average Bonchev–Trinajstić information content (AvgIpc) is 3.57. The summed E-state index contributed by atoms with van der Waals surface area (Å²) in [5.41, 5.74) is 3.38. The van der Waals surface area contributed by atoms with E-state index in [-0.39, 0.29) is 36.5 Å². The van der Waals surface area contributed by atoms with E-state index in [1.54, 1.807) is 29.2 Å². The van der Waals surface area contributed by atoms with Crippen molar-refractivity contribution in [2.24, 2.45) is 0 Å². The molecule has 2 heterocycles. The first-order valence-corrected chi connectivity index (χ1v) is 14.7. The number of nitrogens with zero attached hydrogens (tertiary/aromatic N) is 2. The van der Waals surface area contributed by atoms with Crippen molar-refractivity contribution in [2.45, 2.75) is 65.8 Å². The lowest BCUT2D eigenvalue weighted by atomic mass is 9.84. The van der Waals surface area contributed by atoms with Crippen molar-refractivity contribution in [1.29, 1.82) is 5.41 Å². The molecule has 0 aliphatic carbocycles. The lowest BCUT2D eigenvalue weighted by Crippen LogP contribution is -2.31. The van der Waals surface area contributed by atoms with E-state index in [9.17, 15) is 19.5 Å². The second kappa shape index (κ2) is 14.1. The van der Waals surface area contributed by atoms with Crippen LogP contribution in [0.2, 0.25) is 0 Å². The number of nitrogens with one attached hydrogen (secondary N) is 2. The highest BCUT2D eigenvalue weighted by atomic mass is 35.5. The summed E-state index contributed by atoms with van der Waals surface area (Å²) >= 11 is 0. The Morgan fingerprint density at radius 1 is 1.05 bits per heavy atom. The van der Waals surface area contributed by atoms with Crippen LogP contribution in [0.5, 0.6) is 11.5 Å². The van der Waals surface area contributed by atoms with E-state index in [4.69, 9.17) is 14.9 Å². The predicted molar refractivity (Wildman–Crippen MR) is 169 cm³/mol. The number of halogens is 1. The van der Waals surface area contributed by atoms with Gasteiger partial charge in [-0.15, -0.1) is 12.4 Å². The van der Waals surface area contributed by atoms with Gasteiger partial charge in [-0.1, -0.05) is 27.7 Å². The van der Waals surface area contributed by atoms with Gasteiger partial charge in [0.15, 0.2) is 12.4 Å². The lowest BCUT2D eigenvalue weighted by molar-refractivity contribution is -0.139. The summed E-state index contributed by atoms with van der Waals surface area (Å²) in [4.78, 5) is 41.9. The smallest absolute Gasteiger partial charge is 0.341 e. The van der Waals surface area contributed by atoms with Gasteiger partial charge in [-0.05, 0) is 61.4 Å². The number of carbonyl (C=O) groups excluding carboxylic acids is 2. The molecular formula is C32H43ClN4O6. The van der Waals surface area contributed by atoms with Crippen LogP contribution in [0.1, 0.15) is 91.3 Å². The number of anilines is 1. The number of aliphatic carboxylic acids is 1. The van der Waals surface area contributed by atoms with Crippen LogP contribution in [0.15, 0.2) is 24.3 Å². The maximum Gasteiger partial charge on any atom is 0.341 e. The van der Waals surface area contributed by atoms with Crippen molar-refractivity contribution in [3.8, 4) is 11.5 Å². The van der Waals surface area contributed by atoms with Gasteiger partial charge in [0, 0.05) is 42.9 Å². The third-order valence-electron chi connectivity index (χ3n) is 7.54. The number of amides is 1. The molecule has 0 bridgehead atoms. The monoisotopic (exact) mass is 614 g/mol. The van der Waals surface area contributed by atoms with E-state index in [1.807, 2.05) is 34.6 Å². The fraction of sp³-hybridized carbons (Fsp3) is 0.500. The van der Waals surface area contributed by atoms with Crippen LogP contribution in [0, 0.1) is 5.41 Å². The molecule has 0 spiro atoms. The molecule has 1 amide bonds. The first-order chi connectivity index (χ1) is 19.9. The number of ketones is 1. The minimum Gasteiger partial charge on any atom is -0.493 e. The number of carbonyl (C=O) groups is 3. The van der Waals surface area contributed by atoms with Gasteiger partial charge in [-0.3, -0.25) is 15.0 Å². The van der Waals surface area contributed by atoms with E-state index in [0.29, 0.717) is 47.9 Å². The van der Waals surface area contributed by atoms with Crippen LogP contribution in [0.3, 0.4) is 0 Å². The van der Waals surface area contributed by atoms with Gasteiger partial charge in [-0.25, -0.2) is 4.79 Å². The van der Waals surface area contributed by atoms with Gasteiger partial charge in [0.1, 0.15) is 17.3 Å². The van der Waals surface area contributed by atoms with Crippen LogP contribution < -0.4 is 19.7 Å². The Balaban J connectivity index is 0.00000506. The standard InChI is InChI=1S/C32H42N4O6.ClH/c1-6-10-34-31(40)23-16-22-21(15-27(23)41-7-2)17-36(30(22)33)18-26(37)20-13-24(32(3,4)5)29(42-19-28(38)39)25(14-20)35-11-8-9-12-35;/h13-16,33H,6-12,17-19H2,1-5H3,(H,34,40)(H,38,39);1H. The van der Waals surface area contributed by atoms with Crippen LogP contribution >= 0.6 is 12.4 Å². The van der Waals surface area contributed by atoms with Gasteiger partial charge in [0.2, 0.25) is 0 Å². The summed E-state index contributed by atoms with van der Waals surface area (Å²) in [6, 6.07) is 7.10. The number of amidine groups is 1. The number of carboxylic acids is 1. The minimum atomic E-state index is -1.06. The Morgan fingerprint density at radius 3 is 2.35 bits per heavy atom. The maximum absolute atomic E-state index is 13.8. The molecule has 10 nitrogen and oxygen atoms in total. The van der Waals surface area contributed by atoms with Crippen molar-refractivity contribution in [1.82, 2.24) is 10.2 Å². The second-order valence-electron chi connectivity index (χ2n) is 11.8. The zero-order valence-electron chi connectivity index (χ0n) is 25.7. The molecule has 0 atom stereocenters. The second-order valence-corrected chi connectivity index (χ2v) is 11.8. The van der Waals surface area contributed by atoms with Gasteiger partial charge in [0.25, 0.3) is 5.91 Å². The number of hydrogen-bond donors (Lipinski definition) is 3. The van der Waals surface area contributed by atoms with E-state index < -0.39 is 18.0 Å². The molecule has 4 rings (SSSR count). The number of Topliss-reactive ketones (excluding diaryl/α,β-unsaturated/α-hetero) is 1. The maximum atomic E-state index is 13.8. The number of carboxylic acid groups (broad SMARTS) is 1. The summed E-state index contributed by atoms with van der Waals surface area (Å²) in [5, 5.41) is 21.0. The summed E-state index contributed by atoms with van der Waals surface area (Å²) in [6.07, 6.45) is 2.81. The molecule has 0 aromatic heterocycles. The zero-order valence-corrected chi connectivity index (χ0v) is 26.5. The van der Waals surface area contributed by atoms with Gasteiger partial charge >= 0.3 is 5.97 Å². The Bertz CT molecular complexity index is 1380. The highest BCUT2D eigenvalue weighted by Gasteiger charge is 2.32. The Kier molecular flexibility index (Phi) is 11.1. The molecule has 2 aliphatic heterocycles. The molecule has 3 N–H and O–H groups in total. The Hall–Kier alpha value is -3.79. The van der Waals surface area contributed by atoms with Crippen LogP contribution in [0.4, 0.5) is 5.69 Å². The lowest BCUT2D eigenvalue weighted by Gasteiger charge is -2.29. The molecule has 2 aromatic rings. The summed E-state index contributed by atoms with van der Waals surface area (Å²) in [5.74, 6) is -0.319. The molecule has 0 unspecified atom stereocenters. The largest absolute Gasteiger partial charge is 0.493 e. The van der Waals surface area contributed by atoms with Crippen LogP contribution in [-0.4, -0.2) is 72.9 Å². The van der Waals surface area contributed by atoms with E-state index in [0.717, 1.165) is 49.2 Å². The summed E-state index contributed by atoms with van der Waals surface area (Å²) in [6.45, 7) is 12.3. The normalized spacial score (nSPS) is 14.3. The molecule has 1 fully saturated rings. The van der Waals surface area contributed by atoms with E-state index in [1.165, 1.54) is 0 Å². The SMILES string of the molecule is CCCNC(=O)c1cc2c(cc1OCC)CN(CC(=O)c1cc(N3CCCC3)c(OCC(=O)O)c(C(C)(C)C)c1)C2=N.Cl. The molecule has 2 aromatic carbocycles. The first-order valence-electron chi connectivity index (χ1n) is 14.7. The van der Waals surface area contributed by atoms with Crippen molar-refractivity contribution < 1.29 is 29.0 Å². The van der Waals surface area contributed by atoms with Gasteiger partial charge < -0.3 is 29.7 Å². The molecular weight excluding hydrogens is 572 g/mol. The number of benzene rings is 2. The molecule has 43 heavy (non-hydrogen) atoms. The van der Waals surface area contributed by atoms with Crippen LogP contribution in [-0.2, 0) is 16.8 Å². The van der Waals surface area contributed by atoms with Gasteiger partial charge in [-0.2, -0.15) is 0 Å². The van der Waals surface area contributed by atoms with E-state index >= 15 is 0 Å². The number of hydrogen-bond acceptors (Lipinski definition) is 7. The molecule has 234 valence electrons. The third-order valence-corrected chi connectivity index (χ3v) is 7.54. The van der Waals surface area contributed by atoms with Crippen molar-refractivity contribution in [3.05, 3.63) is 52.1 Å². The average molecular weight is 615 g/mol. The Morgan fingerprint density at radius 2 is 1.74 bits per heavy atom. The Labute approximate surface area is 259 Å². The van der Waals surface area contributed by atoms with E-state index in [2.05, 4.69) is 10.2 Å². The van der Waals surface area contributed by atoms with Crippen molar-refractivity contribution >= 4 is 41.6 Å². The highest BCUT2D eigenvalue weighted by Crippen LogP contribution is 2.42. The van der Waals surface area contributed by atoms with Crippen molar-refractivity contribution in [2.75, 3.05) is 44.3 Å². The van der Waals surface area contributed by atoms with Crippen molar-refractivity contribution in [3.63, 3.8) is 0 Å². The topological polar surface area (TPSA) is 132 Å². The number of ether oxygens (including phenoxy) is 2. The quantitative estimate of drug-likeness (QED) is 0.284. The molecule has 11 heteroatoms. The zero-order chi connectivity index (χ0) is 30.6. The fourth-order valence-corrected chi connectivity index (χ4v) is 5.42. The predicted octanol–water partition coefficient (Wildman–Crippen LogP) is 5.03. The molecule has 2 aliphatic rings. The van der Waals surface area contributed by atoms with Crippen LogP contribution in [0.25, 0.3) is 0 Å². The molecule has 1 saturated heterocycles. The molecule has 0 saturated carbocycles. The van der Waals surface area contributed by atoms with Gasteiger partial charge in [0.05, 0.1) is 24.4 Å². The molecule has 0 radical (unpaired) electrons. The highest BCUT2D eigenvalue weighted by molar-refractivity contribution is 6.08. The summed E-state index contributed by atoms with van der Waals surface area (Å²) in [7, 11) is 0. The first kappa shape index (κ1) is 33.7. The minimum absolute atomic E-state index is 0. The third kappa shape index (κ3) is 7.60.